The zero-order valence-electron chi connectivity index (χ0n) is 24.6. The van der Waals surface area contributed by atoms with Crippen LogP contribution in [0.25, 0.3) is 6.08 Å². The molecule has 3 N–H and O–H groups in total. The second-order valence-electron chi connectivity index (χ2n) is 9.65. The number of amides is 3. The smallest absolute Gasteiger partial charge is 0.272 e. The summed E-state index contributed by atoms with van der Waals surface area (Å²) in [5.74, 6) is -0.302. The summed E-state index contributed by atoms with van der Waals surface area (Å²) in [5.41, 5.74) is 2.95. The van der Waals surface area contributed by atoms with Gasteiger partial charge in [-0.25, -0.2) is 0 Å². The predicted octanol–water partition coefficient (Wildman–Crippen LogP) is 7.19. The average molecular weight is 630 g/mol. The van der Waals surface area contributed by atoms with Gasteiger partial charge in [-0.15, -0.1) is 11.8 Å². The van der Waals surface area contributed by atoms with Crippen molar-refractivity contribution in [2.45, 2.75) is 24.0 Å². The number of ether oxygens (including phenoxy) is 2. The highest BCUT2D eigenvalue weighted by atomic mass is 35.5. The minimum Gasteiger partial charge on any atom is -0.493 e. The van der Waals surface area contributed by atoms with E-state index in [1.807, 2.05) is 19.1 Å². The first-order valence-corrected chi connectivity index (χ1v) is 14.9. The van der Waals surface area contributed by atoms with Gasteiger partial charge in [0.05, 0.1) is 19.5 Å². The van der Waals surface area contributed by atoms with Gasteiger partial charge < -0.3 is 25.4 Å². The summed E-state index contributed by atoms with van der Waals surface area (Å²) >= 11 is 7.43. The molecule has 0 spiro atoms. The summed E-state index contributed by atoms with van der Waals surface area (Å²) in [6, 6.07) is 26.3. The maximum atomic E-state index is 13.6. The van der Waals surface area contributed by atoms with Crippen LogP contribution in [-0.2, 0) is 9.59 Å². The van der Waals surface area contributed by atoms with Crippen LogP contribution in [-0.4, -0.2) is 37.2 Å². The van der Waals surface area contributed by atoms with Crippen LogP contribution in [0.15, 0.2) is 102 Å². The van der Waals surface area contributed by atoms with Gasteiger partial charge in [-0.3, -0.25) is 14.4 Å². The van der Waals surface area contributed by atoms with E-state index in [9.17, 15) is 14.4 Å². The molecular weight excluding hydrogens is 598 g/mol. The van der Waals surface area contributed by atoms with Crippen LogP contribution in [0.3, 0.4) is 0 Å². The fourth-order valence-electron chi connectivity index (χ4n) is 4.19. The minimum atomic E-state index is -0.552. The Balaban J connectivity index is 1.54. The van der Waals surface area contributed by atoms with Crippen molar-refractivity contribution in [2.75, 3.05) is 24.9 Å². The number of aryl methyl sites for hydroxylation is 1. The summed E-state index contributed by atoms with van der Waals surface area (Å²) in [6.07, 6.45) is 1.53. The molecule has 44 heavy (non-hydrogen) atoms. The lowest BCUT2D eigenvalue weighted by Gasteiger charge is -2.15. The van der Waals surface area contributed by atoms with Gasteiger partial charge in [0.15, 0.2) is 11.5 Å². The molecule has 0 fully saturated rings. The molecule has 0 heterocycles. The number of halogens is 1. The van der Waals surface area contributed by atoms with Gasteiger partial charge >= 0.3 is 0 Å². The largest absolute Gasteiger partial charge is 0.493 e. The number of rotatable bonds is 11. The molecule has 0 aliphatic carbocycles. The van der Waals surface area contributed by atoms with Gasteiger partial charge in [0.1, 0.15) is 5.70 Å². The molecule has 0 aromatic heterocycles. The lowest BCUT2D eigenvalue weighted by molar-refractivity contribution is -0.115. The number of carbonyl (C=O) groups excluding carboxylic acids is 3. The predicted molar refractivity (Wildman–Crippen MR) is 177 cm³/mol. The number of para-hydroxylation sites is 1. The Kier molecular flexibility index (Phi) is 11.1. The molecule has 4 rings (SSSR count). The van der Waals surface area contributed by atoms with E-state index in [2.05, 4.69) is 16.0 Å². The molecule has 0 aliphatic heterocycles. The molecular formula is C34H32ClN3O5S. The van der Waals surface area contributed by atoms with Gasteiger partial charge in [-0.05, 0) is 74.0 Å². The van der Waals surface area contributed by atoms with Crippen molar-refractivity contribution < 1.29 is 23.9 Å². The van der Waals surface area contributed by atoms with Crippen LogP contribution in [0.4, 0.5) is 11.4 Å². The Hall–Kier alpha value is -4.73. The van der Waals surface area contributed by atoms with Crippen molar-refractivity contribution in [3.05, 3.63) is 118 Å². The quantitative estimate of drug-likeness (QED) is 0.120. The van der Waals surface area contributed by atoms with Crippen LogP contribution in [0.2, 0.25) is 5.02 Å². The third-order valence-corrected chi connectivity index (χ3v) is 7.82. The molecule has 226 valence electrons. The highest BCUT2D eigenvalue weighted by Crippen LogP contribution is 2.32. The fourth-order valence-corrected chi connectivity index (χ4v) is 5.29. The summed E-state index contributed by atoms with van der Waals surface area (Å²) in [5, 5.41) is 8.60. The summed E-state index contributed by atoms with van der Waals surface area (Å²) in [6.45, 7) is 3.69. The SMILES string of the molecule is COc1cccc(/C=C(/NC(=O)c2ccccc2)C(=O)Nc2cccc(SC(C)C(=O)Nc3cc(Cl)ccc3C)c2)c1OC. The average Bonchev–Trinajstić information content (AvgIpc) is 3.02. The Morgan fingerprint density at radius 1 is 0.864 bits per heavy atom. The number of anilines is 2. The van der Waals surface area contributed by atoms with Gasteiger partial charge in [-0.2, -0.15) is 0 Å². The number of carbonyl (C=O) groups is 3. The molecule has 1 atom stereocenters. The summed E-state index contributed by atoms with van der Waals surface area (Å²) < 4.78 is 10.9. The monoisotopic (exact) mass is 629 g/mol. The van der Waals surface area contributed by atoms with Crippen molar-refractivity contribution in [1.82, 2.24) is 5.32 Å². The van der Waals surface area contributed by atoms with E-state index in [-0.39, 0.29) is 11.6 Å². The highest BCUT2D eigenvalue weighted by molar-refractivity contribution is 8.00. The molecule has 4 aromatic rings. The molecule has 0 aliphatic rings. The first kappa shape index (κ1) is 32.2. The Labute approximate surface area is 265 Å². The molecule has 1 unspecified atom stereocenters. The molecule has 10 heteroatoms. The number of hydrogen-bond donors (Lipinski definition) is 3. The molecule has 3 amide bonds. The minimum absolute atomic E-state index is 0.00639. The Bertz CT molecular complexity index is 1690. The van der Waals surface area contributed by atoms with E-state index >= 15 is 0 Å². The number of methoxy groups -OCH3 is 2. The van der Waals surface area contributed by atoms with Crippen LogP contribution >= 0.6 is 23.4 Å². The van der Waals surface area contributed by atoms with Crippen LogP contribution in [0, 0.1) is 6.92 Å². The topological polar surface area (TPSA) is 106 Å². The Morgan fingerprint density at radius 2 is 1.61 bits per heavy atom. The molecule has 8 nitrogen and oxygen atoms in total. The lowest BCUT2D eigenvalue weighted by Crippen LogP contribution is -2.30. The molecule has 0 saturated carbocycles. The first-order chi connectivity index (χ1) is 21.2. The Morgan fingerprint density at radius 3 is 2.34 bits per heavy atom. The molecule has 0 bridgehead atoms. The van der Waals surface area contributed by atoms with Gasteiger partial charge in [0.2, 0.25) is 5.91 Å². The van der Waals surface area contributed by atoms with E-state index in [0.717, 1.165) is 10.5 Å². The number of hydrogen-bond acceptors (Lipinski definition) is 6. The second-order valence-corrected chi connectivity index (χ2v) is 11.5. The molecule has 0 saturated heterocycles. The molecule has 0 radical (unpaired) electrons. The van der Waals surface area contributed by atoms with Gasteiger partial charge in [0, 0.05) is 32.4 Å². The summed E-state index contributed by atoms with van der Waals surface area (Å²) in [7, 11) is 3.02. The normalized spacial score (nSPS) is 11.7. The second kappa shape index (κ2) is 15.1. The van der Waals surface area contributed by atoms with Crippen LogP contribution < -0.4 is 25.4 Å². The molecule has 4 aromatic carbocycles. The standard InChI is InChI=1S/C34H32ClN3O5S/c1-21-16-17-25(35)19-28(21)37-32(39)22(2)44-27-14-9-13-26(20-27)36-34(41)29(38-33(40)23-10-6-5-7-11-23)18-24-12-8-15-30(42-3)31(24)43-4/h5-20,22H,1-4H3,(H,36,41)(H,37,39)(H,38,40)/b29-18+. The van der Waals surface area contributed by atoms with Gasteiger partial charge in [0.25, 0.3) is 11.8 Å². The third kappa shape index (κ3) is 8.43. The van der Waals surface area contributed by atoms with Crippen LogP contribution in [0.5, 0.6) is 11.5 Å². The zero-order valence-corrected chi connectivity index (χ0v) is 26.2. The van der Waals surface area contributed by atoms with Crippen molar-refractivity contribution in [3.8, 4) is 11.5 Å². The van der Waals surface area contributed by atoms with Crippen molar-refractivity contribution >= 4 is 58.5 Å². The number of thioether (sulfide) groups is 1. The maximum absolute atomic E-state index is 13.6. The van der Waals surface area contributed by atoms with E-state index < -0.39 is 17.1 Å². The highest BCUT2D eigenvalue weighted by Gasteiger charge is 2.19. The summed E-state index contributed by atoms with van der Waals surface area (Å²) in [4.78, 5) is 40.3. The first-order valence-electron chi connectivity index (χ1n) is 13.6. The number of nitrogens with one attached hydrogen (secondary N) is 3. The van der Waals surface area contributed by atoms with E-state index in [1.54, 1.807) is 85.8 Å². The van der Waals surface area contributed by atoms with E-state index in [4.69, 9.17) is 21.1 Å². The number of benzene rings is 4. The van der Waals surface area contributed by atoms with Crippen molar-refractivity contribution in [3.63, 3.8) is 0 Å². The fraction of sp³-hybridized carbons (Fsp3) is 0.147. The zero-order chi connectivity index (χ0) is 31.6. The lowest BCUT2D eigenvalue weighted by atomic mass is 10.1. The van der Waals surface area contributed by atoms with E-state index in [1.165, 1.54) is 32.1 Å². The third-order valence-electron chi connectivity index (χ3n) is 6.49. The van der Waals surface area contributed by atoms with E-state index in [0.29, 0.717) is 39.0 Å². The maximum Gasteiger partial charge on any atom is 0.272 e. The van der Waals surface area contributed by atoms with Crippen molar-refractivity contribution in [1.29, 1.82) is 0 Å². The van der Waals surface area contributed by atoms with Crippen molar-refractivity contribution in [2.24, 2.45) is 0 Å². The van der Waals surface area contributed by atoms with Crippen LogP contribution in [0.1, 0.15) is 28.4 Å². The van der Waals surface area contributed by atoms with Gasteiger partial charge in [-0.1, -0.05) is 54.1 Å².